The fraction of sp³-hybridized carbons (Fsp3) is 0.250. The highest BCUT2D eigenvalue weighted by molar-refractivity contribution is 6.58. The predicted molar refractivity (Wildman–Crippen MR) is 159 cm³/mol. The Balaban J connectivity index is 1.41. The molecule has 0 radical (unpaired) electrons. The van der Waals surface area contributed by atoms with Gasteiger partial charge in [-0.25, -0.2) is 13.7 Å². The summed E-state index contributed by atoms with van der Waals surface area (Å²) in [7, 11) is 0. The molecule has 3 fully saturated rings. The molecule has 3 aromatic rings. The van der Waals surface area contributed by atoms with Gasteiger partial charge in [0.25, 0.3) is 11.8 Å². The van der Waals surface area contributed by atoms with Gasteiger partial charge in [0, 0.05) is 16.5 Å². The van der Waals surface area contributed by atoms with Gasteiger partial charge < -0.3 is 5.11 Å². The summed E-state index contributed by atoms with van der Waals surface area (Å²) in [6.07, 6.45) is 1.45. The molecule has 7 rings (SSSR count). The van der Waals surface area contributed by atoms with E-state index in [2.05, 4.69) is 0 Å². The second kappa shape index (κ2) is 9.86. The van der Waals surface area contributed by atoms with Crippen molar-refractivity contribution < 1.29 is 33.1 Å². The number of imide groups is 2. The molecular formula is C32H21Cl3F2N2O5. The van der Waals surface area contributed by atoms with Crippen molar-refractivity contribution in [2.24, 2.45) is 17.8 Å². The smallest absolute Gasteiger partial charge is 0.258 e. The van der Waals surface area contributed by atoms with Gasteiger partial charge in [-0.05, 0) is 73.4 Å². The number of allylic oxidation sites excluding steroid dienone is 2. The van der Waals surface area contributed by atoms with Crippen molar-refractivity contribution in [2.75, 3.05) is 9.80 Å². The monoisotopic (exact) mass is 656 g/mol. The Kier molecular flexibility index (Phi) is 6.49. The van der Waals surface area contributed by atoms with Gasteiger partial charge in [-0.3, -0.25) is 24.1 Å². The number of carbonyl (C=O) groups is 4. The van der Waals surface area contributed by atoms with Gasteiger partial charge >= 0.3 is 0 Å². The molecule has 1 N–H and O–H groups in total. The number of rotatable bonds is 3. The molecule has 0 spiro atoms. The summed E-state index contributed by atoms with van der Waals surface area (Å²) < 4.78 is 28.6. The van der Waals surface area contributed by atoms with Gasteiger partial charge in [0.2, 0.25) is 11.8 Å². The molecule has 0 aromatic heterocycles. The number of halogens is 5. The van der Waals surface area contributed by atoms with Crippen molar-refractivity contribution in [3.63, 3.8) is 0 Å². The average molecular weight is 658 g/mol. The van der Waals surface area contributed by atoms with E-state index in [4.69, 9.17) is 34.8 Å². The molecule has 2 aliphatic heterocycles. The standard InChI is InChI=1S/C32H21Cl3F2N2O5/c33-15-4-8-17(9-5-15)38-27(41)20-13-12-19-22(24(20)28(38)42)14-31(34)29(43)39(18-10-6-16(36)7-11-18)30(44)32(31,35)25(19)21-2-1-3-23(37)26(21)40/h1-12,20,22,24-25,40H,13-14H2. The number of phenols is 1. The van der Waals surface area contributed by atoms with Crippen LogP contribution < -0.4 is 9.80 Å². The fourth-order valence-corrected chi connectivity index (χ4v) is 8.41. The highest BCUT2D eigenvalue weighted by atomic mass is 35.5. The van der Waals surface area contributed by atoms with Crippen LogP contribution in [0.5, 0.6) is 5.75 Å². The average Bonchev–Trinajstić information content (AvgIpc) is 3.34. The Bertz CT molecular complexity index is 1820. The lowest BCUT2D eigenvalue weighted by molar-refractivity contribution is -0.125. The maximum atomic E-state index is 14.8. The molecule has 4 aliphatic rings. The van der Waals surface area contributed by atoms with Crippen LogP contribution in [0, 0.1) is 29.4 Å². The third-order valence-electron chi connectivity index (χ3n) is 9.31. The van der Waals surface area contributed by atoms with E-state index in [0.717, 1.165) is 28.0 Å². The number of aromatic hydroxyl groups is 1. The zero-order valence-electron chi connectivity index (χ0n) is 22.5. The number of amides is 4. The summed E-state index contributed by atoms with van der Waals surface area (Å²) in [4.78, 5) is 53.5. The van der Waals surface area contributed by atoms with Crippen molar-refractivity contribution in [3.05, 3.63) is 101 Å². The first-order valence-corrected chi connectivity index (χ1v) is 14.9. The SMILES string of the molecule is O=C1C2CC=C3C(CC4(Cl)C(=O)N(c5ccc(F)cc5)C(=O)C4(Cl)C3c3cccc(F)c3O)C2C(=O)N1c1ccc(Cl)cc1. The lowest BCUT2D eigenvalue weighted by atomic mass is 9.56. The third-order valence-corrected chi connectivity index (χ3v) is 11.0. The number of benzene rings is 3. The second-order valence-corrected chi connectivity index (χ2v) is 13.1. The van der Waals surface area contributed by atoms with E-state index in [9.17, 15) is 33.1 Å². The molecule has 4 amide bonds. The molecule has 44 heavy (non-hydrogen) atoms. The maximum Gasteiger partial charge on any atom is 0.258 e. The first-order valence-electron chi connectivity index (χ1n) is 13.7. The van der Waals surface area contributed by atoms with Crippen molar-refractivity contribution in [3.8, 4) is 5.75 Å². The first-order chi connectivity index (χ1) is 20.9. The Morgan fingerprint density at radius 1 is 0.795 bits per heavy atom. The molecule has 2 heterocycles. The van der Waals surface area contributed by atoms with Crippen LogP contribution in [0.4, 0.5) is 20.2 Å². The van der Waals surface area contributed by atoms with Crippen LogP contribution in [0.15, 0.2) is 78.4 Å². The van der Waals surface area contributed by atoms with Crippen LogP contribution in [0.2, 0.25) is 5.02 Å². The highest BCUT2D eigenvalue weighted by Crippen LogP contribution is 2.66. The van der Waals surface area contributed by atoms with Crippen molar-refractivity contribution in [2.45, 2.75) is 28.5 Å². The molecule has 6 atom stereocenters. The highest BCUT2D eigenvalue weighted by Gasteiger charge is 2.77. The van der Waals surface area contributed by atoms with Gasteiger partial charge in [0.05, 0.1) is 23.2 Å². The Hall–Kier alpha value is -3.79. The maximum absolute atomic E-state index is 14.8. The van der Waals surface area contributed by atoms with Crippen LogP contribution in [-0.2, 0) is 19.2 Å². The van der Waals surface area contributed by atoms with Crippen molar-refractivity contribution in [1.29, 1.82) is 0 Å². The fourth-order valence-electron chi connectivity index (χ4n) is 7.35. The zero-order valence-corrected chi connectivity index (χ0v) is 24.8. The predicted octanol–water partition coefficient (Wildman–Crippen LogP) is 6.09. The molecule has 2 saturated heterocycles. The minimum atomic E-state index is -2.29. The number of hydrogen-bond acceptors (Lipinski definition) is 5. The first kappa shape index (κ1) is 29.0. The molecule has 7 nitrogen and oxygen atoms in total. The van der Waals surface area contributed by atoms with Crippen LogP contribution in [0.1, 0.15) is 24.3 Å². The third kappa shape index (κ3) is 3.72. The second-order valence-electron chi connectivity index (χ2n) is 11.4. The van der Waals surface area contributed by atoms with Crippen LogP contribution in [-0.4, -0.2) is 38.5 Å². The summed E-state index contributed by atoms with van der Waals surface area (Å²) in [6.45, 7) is 0. The number of phenolic OH excluding ortho intramolecular Hbond substituents is 1. The number of para-hydroxylation sites is 1. The van der Waals surface area contributed by atoms with Crippen molar-refractivity contribution in [1.82, 2.24) is 0 Å². The molecule has 2 aliphatic carbocycles. The molecular weight excluding hydrogens is 637 g/mol. The number of nitrogens with zero attached hydrogens (tertiary/aromatic N) is 2. The van der Waals surface area contributed by atoms with Gasteiger partial charge in [-0.1, -0.05) is 35.4 Å². The zero-order chi connectivity index (χ0) is 31.3. The molecule has 3 aromatic carbocycles. The number of alkyl halides is 2. The number of anilines is 2. The van der Waals surface area contributed by atoms with Crippen LogP contribution in [0.3, 0.4) is 0 Å². The summed E-state index contributed by atoms with van der Waals surface area (Å²) >= 11 is 20.5. The molecule has 0 bridgehead atoms. The molecule has 12 heteroatoms. The quantitative estimate of drug-likeness (QED) is 0.209. The topological polar surface area (TPSA) is 95.0 Å². The lowest BCUT2D eigenvalue weighted by Crippen LogP contribution is -2.60. The largest absolute Gasteiger partial charge is 0.505 e. The Morgan fingerprint density at radius 3 is 2.11 bits per heavy atom. The van der Waals surface area contributed by atoms with Gasteiger partial charge in [0.15, 0.2) is 21.3 Å². The molecule has 6 unspecified atom stereocenters. The number of fused-ring (bicyclic) bond motifs is 4. The summed E-state index contributed by atoms with van der Waals surface area (Å²) in [5, 5.41) is 11.3. The normalized spacial score (nSPS) is 31.2. The minimum Gasteiger partial charge on any atom is -0.505 e. The van der Waals surface area contributed by atoms with E-state index in [1.165, 1.54) is 24.3 Å². The minimum absolute atomic E-state index is 0.00827. The van der Waals surface area contributed by atoms with E-state index in [1.807, 2.05) is 0 Å². The van der Waals surface area contributed by atoms with Gasteiger partial charge in [-0.15, -0.1) is 23.2 Å². The summed E-state index contributed by atoms with van der Waals surface area (Å²) in [5.74, 6) is -9.29. The lowest BCUT2D eigenvalue weighted by Gasteiger charge is -2.50. The summed E-state index contributed by atoms with van der Waals surface area (Å²) in [6, 6.07) is 14.5. The van der Waals surface area contributed by atoms with E-state index < -0.39 is 74.4 Å². The van der Waals surface area contributed by atoms with E-state index in [1.54, 1.807) is 30.3 Å². The van der Waals surface area contributed by atoms with E-state index in [0.29, 0.717) is 16.3 Å². The van der Waals surface area contributed by atoms with E-state index >= 15 is 0 Å². The summed E-state index contributed by atoms with van der Waals surface area (Å²) in [5.41, 5.74) is 0.610. The molecule has 1 saturated carbocycles. The van der Waals surface area contributed by atoms with Crippen molar-refractivity contribution >= 4 is 69.8 Å². The number of hydrogen-bond donors (Lipinski definition) is 1. The number of carbonyl (C=O) groups excluding carboxylic acids is 4. The Morgan fingerprint density at radius 2 is 1.43 bits per heavy atom. The van der Waals surface area contributed by atoms with Gasteiger partial charge in [0.1, 0.15) is 5.82 Å². The Labute approximate surface area is 264 Å². The van der Waals surface area contributed by atoms with E-state index in [-0.39, 0.29) is 24.1 Å². The van der Waals surface area contributed by atoms with Crippen LogP contribution >= 0.6 is 34.8 Å². The van der Waals surface area contributed by atoms with Crippen LogP contribution in [0.25, 0.3) is 0 Å². The molecule has 224 valence electrons. The van der Waals surface area contributed by atoms with Gasteiger partial charge in [-0.2, -0.15) is 0 Å².